The first kappa shape index (κ1) is 32.3. The van der Waals surface area contributed by atoms with Gasteiger partial charge in [-0.25, -0.2) is 19.2 Å². The third-order valence-corrected chi connectivity index (χ3v) is 9.77. The Labute approximate surface area is 282 Å². The highest BCUT2D eigenvalue weighted by Crippen LogP contribution is 2.32. The number of benzene rings is 1. The van der Waals surface area contributed by atoms with Crippen molar-refractivity contribution < 1.29 is 18.8 Å². The minimum Gasteiger partial charge on any atom is -0.368 e. The molecule has 254 valence electrons. The number of halogens is 1. The maximum Gasteiger partial charge on any atom is 0.328 e. The van der Waals surface area contributed by atoms with E-state index in [9.17, 15) is 19.2 Å². The summed E-state index contributed by atoms with van der Waals surface area (Å²) in [5, 5.41) is 6.12. The van der Waals surface area contributed by atoms with E-state index in [1.165, 1.54) is 17.9 Å². The maximum absolute atomic E-state index is 15.0. The zero-order chi connectivity index (χ0) is 34.2. The van der Waals surface area contributed by atoms with Gasteiger partial charge in [0.1, 0.15) is 17.3 Å². The molecule has 1 aromatic carbocycles. The van der Waals surface area contributed by atoms with Gasteiger partial charge in [0.25, 0.3) is 5.56 Å². The van der Waals surface area contributed by atoms with E-state index in [2.05, 4.69) is 30.4 Å². The molecule has 0 bridgehead atoms. The number of fused-ring (bicyclic) bond motifs is 1. The molecule has 3 aromatic heterocycles. The monoisotopic (exact) mass is 667 g/mol. The number of carbonyl (C=O) groups is 3. The lowest BCUT2D eigenvalue weighted by atomic mass is 10.0. The van der Waals surface area contributed by atoms with Crippen molar-refractivity contribution in [1.82, 2.24) is 29.7 Å². The third-order valence-electron chi connectivity index (χ3n) is 9.77. The number of aromatic nitrogens is 4. The number of rotatable bonds is 8. The van der Waals surface area contributed by atoms with Crippen LogP contribution in [-0.4, -0.2) is 74.9 Å². The van der Waals surface area contributed by atoms with Gasteiger partial charge < -0.3 is 10.2 Å². The second-order valence-electron chi connectivity index (χ2n) is 12.9. The van der Waals surface area contributed by atoms with E-state index in [0.29, 0.717) is 46.2 Å². The zero-order valence-corrected chi connectivity index (χ0v) is 27.5. The molecule has 3 fully saturated rings. The van der Waals surface area contributed by atoms with Crippen LogP contribution in [0.4, 0.5) is 32.3 Å². The van der Waals surface area contributed by atoms with Crippen molar-refractivity contribution in [2.75, 3.05) is 47.8 Å². The van der Waals surface area contributed by atoms with Crippen molar-refractivity contribution >= 4 is 51.9 Å². The number of pyridine rings is 2. The van der Waals surface area contributed by atoms with Crippen LogP contribution >= 0.6 is 0 Å². The van der Waals surface area contributed by atoms with Crippen molar-refractivity contribution in [3.8, 4) is 0 Å². The van der Waals surface area contributed by atoms with Crippen LogP contribution in [0.3, 0.4) is 0 Å². The molecule has 13 nitrogen and oxygen atoms in total. The summed E-state index contributed by atoms with van der Waals surface area (Å²) < 4.78 is 16.7. The van der Waals surface area contributed by atoms with E-state index in [1.807, 2.05) is 12.1 Å². The number of hydrogen-bond donors (Lipinski definition) is 2. The third kappa shape index (κ3) is 6.47. The molecule has 7 rings (SSSR count). The number of Topliss-reactive ketones (excluding diaryl/α,β-unsaturated/α-hetero) is 1. The molecule has 0 radical (unpaired) electrons. The number of piperazine rings is 1. The molecule has 2 aliphatic heterocycles. The van der Waals surface area contributed by atoms with E-state index in [-0.39, 0.29) is 47.6 Å². The molecular formula is C35H38FN9O4. The lowest BCUT2D eigenvalue weighted by molar-refractivity contribution is -0.120. The summed E-state index contributed by atoms with van der Waals surface area (Å²) in [4.78, 5) is 69.1. The molecule has 3 aliphatic rings. The molecule has 4 aromatic rings. The van der Waals surface area contributed by atoms with Gasteiger partial charge in [0.05, 0.1) is 17.4 Å². The summed E-state index contributed by atoms with van der Waals surface area (Å²) in [5.74, 6) is -0.0938. The first-order valence-corrected chi connectivity index (χ1v) is 16.7. The van der Waals surface area contributed by atoms with Gasteiger partial charge in [-0.2, -0.15) is 4.98 Å². The SMILES string of the molecule is CC(=O)c1c(C)c2cnc(Nc3ccc(N4CCN(Cc5ccc(N6CCC(=O)NC6=O)cc5F)CC4)cn3)nc2n(C2CCCC2)c1=O. The van der Waals surface area contributed by atoms with Crippen LogP contribution in [0.1, 0.15) is 66.6 Å². The van der Waals surface area contributed by atoms with Crippen LogP contribution in [0.15, 0.2) is 47.5 Å². The summed E-state index contributed by atoms with van der Waals surface area (Å²) in [6, 6.07) is 8.07. The fourth-order valence-electron chi connectivity index (χ4n) is 7.12. The highest BCUT2D eigenvalue weighted by molar-refractivity contribution is 6.05. The van der Waals surface area contributed by atoms with Crippen LogP contribution in [0, 0.1) is 12.7 Å². The normalized spacial score (nSPS) is 17.5. The molecule has 1 saturated carbocycles. The fraction of sp³-hybridized carbons (Fsp3) is 0.400. The number of urea groups is 1. The number of anilines is 4. The second-order valence-corrected chi connectivity index (χ2v) is 12.9. The van der Waals surface area contributed by atoms with Crippen molar-refractivity contribution in [2.24, 2.45) is 0 Å². The van der Waals surface area contributed by atoms with Crippen molar-refractivity contribution in [3.63, 3.8) is 0 Å². The fourth-order valence-corrected chi connectivity index (χ4v) is 7.12. The first-order valence-electron chi connectivity index (χ1n) is 16.7. The zero-order valence-electron chi connectivity index (χ0n) is 27.5. The molecule has 49 heavy (non-hydrogen) atoms. The topological polar surface area (TPSA) is 146 Å². The Morgan fingerprint density at radius 3 is 2.41 bits per heavy atom. The largest absolute Gasteiger partial charge is 0.368 e. The number of nitrogens with zero attached hydrogens (tertiary/aromatic N) is 7. The second kappa shape index (κ2) is 13.3. The summed E-state index contributed by atoms with van der Waals surface area (Å²) in [5.41, 5.74) is 2.97. The molecule has 3 amide bonds. The van der Waals surface area contributed by atoms with Crippen LogP contribution in [0.25, 0.3) is 11.0 Å². The minimum atomic E-state index is -0.536. The minimum absolute atomic E-state index is 0.00270. The van der Waals surface area contributed by atoms with Crippen molar-refractivity contribution in [1.29, 1.82) is 0 Å². The molecule has 0 atom stereocenters. The number of hydrogen-bond acceptors (Lipinski definition) is 10. The van der Waals surface area contributed by atoms with Crippen molar-refractivity contribution in [2.45, 2.75) is 58.5 Å². The van der Waals surface area contributed by atoms with Gasteiger partial charge in [-0.3, -0.25) is 34.1 Å². The molecule has 1 aliphatic carbocycles. The van der Waals surface area contributed by atoms with Gasteiger partial charge in [0.2, 0.25) is 11.9 Å². The van der Waals surface area contributed by atoms with Gasteiger partial charge in [0, 0.05) is 74.6 Å². The molecule has 5 heterocycles. The predicted octanol–water partition coefficient (Wildman–Crippen LogP) is 4.46. The molecule has 0 spiro atoms. The Hall–Kier alpha value is -5.24. The Balaban J connectivity index is 0.993. The van der Waals surface area contributed by atoms with E-state index in [0.717, 1.165) is 57.5 Å². The van der Waals surface area contributed by atoms with Gasteiger partial charge >= 0.3 is 6.03 Å². The highest BCUT2D eigenvalue weighted by atomic mass is 19.1. The van der Waals surface area contributed by atoms with Crippen LogP contribution in [0.2, 0.25) is 0 Å². The van der Waals surface area contributed by atoms with E-state index >= 15 is 4.39 Å². The number of amides is 3. The average Bonchev–Trinajstić information content (AvgIpc) is 3.61. The number of nitrogens with one attached hydrogen (secondary N) is 2. The Morgan fingerprint density at radius 1 is 0.980 bits per heavy atom. The van der Waals surface area contributed by atoms with Crippen LogP contribution < -0.4 is 26.0 Å². The Kier molecular flexibility index (Phi) is 8.80. The molecular weight excluding hydrogens is 629 g/mol. The Bertz CT molecular complexity index is 2000. The van der Waals surface area contributed by atoms with E-state index in [1.54, 1.807) is 36.0 Å². The number of aryl methyl sites for hydroxylation is 1. The van der Waals surface area contributed by atoms with Gasteiger partial charge in [-0.05, 0) is 56.5 Å². The van der Waals surface area contributed by atoms with Gasteiger partial charge in [-0.15, -0.1) is 0 Å². The maximum atomic E-state index is 15.0. The number of ketones is 1. The summed E-state index contributed by atoms with van der Waals surface area (Å²) in [6.07, 6.45) is 7.44. The lowest BCUT2D eigenvalue weighted by Gasteiger charge is -2.36. The van der Waals surface area contributed by atoms with E-state index < -0.39 is 6.03 Å². The summed E-state index contributed by atoms with van der Waals surface area (Å²) >= 11 is 0. The Morgan fingerprint density at radius 2 is 1.73 bits per heavy atom. The first-order chi connectivity index (χ1) is 23.7. The highest BCUT2D eigenvalue weighted by Gasteiger charge is 2.27. The molecule has 2 N–H and O–H groups in total. The number of imide groups is 1. The smallest absolute Gasteiger partial charge is 0.328 e. The molecule has 2 saturated heterocycles. The van der Waals surface area contributed by atoms with Gasteiger partial charge in [0.15, 0.2) is 5.78 Å². The molecule has 14 heteroatoms. The van der Waals surface area contributed by atoms with Crippen LogP contribution in [-0.2, 0) is 11.3 Å². The predicted molar refractivity (Wildman–Crippen MR) is 183 cm³/mol. The molecule has 0 unspecified atom stereocenters. The van der Waals surface area contributed by atoms with Crippen molar-refractivity contribution in [3.05, 3.63) is 75.6 Å². The quantitative estimate of drug-likeness (QED) is 0.258. The van der Waals surface area contributed by atoms with Gasteiger partial charge in [-0.1, -0.05) is 18.9 Å². The lowest BCUT2D eigenvalue weighted by Crippen LogP contribution is -2.49. The number of carbonyl (C=O) groups excluding carboxylic acids is 3. The summed E-state index contributed by atoms with van der Waals surface area (Å²) in [7, 11) is 0. The standard InChI is InChI=1S/C35H38FN9O4/c1-21-27-19-38-34(41-32(27)45(24-5-3-4-6-24)33(48)31(21)22(2)46)39-29-10-9-26(18-37-29)43-15-13-42(14-16-43)20-23-7-8-25(17-28(23)36)44-12-11-30(47)40-35(44)49/h7-10,17-19,24H,3-6,11-16,20H2,1-2H3,(H,40,47,49)(H,37,38,39,41). The summed E-state index contributed by atoms with van der Waals surface area (Å²) in [6.45, 7) is 6.81. The average molecular weight is 668 g/mol. The van der Waals surface area contributed by atoms with E-state index in [4.69, 9.17) is 4.98 Å². The van der Waals surface area contributed by atoms with Crippen LogP contribution in [0.5, 0.6) is 0 Å².